The molecule has 0 unspecified atom stereocenters. The summed E-state index contributed by atoms with van der Waals surface area (Å²) in [5, 5.41) is 18.9. The van der Waals surface area contributed by atoms with Gasteiger partial charge in [0.25, 0.3) is 30.1 Å². The Kier molecular flexibility index (Phi) is 21.5. The highest BCUT2D eigenvalue weighted by Gasteiger charge is 2.18. The van der Waals surface area contributed by atoms with E-state index in [-0.39, 0.29) is 38.0 Å². The second-order valence-electron chi connectivity index (χ2n) is 17.4. The molecule has 0 amide bonds. The summed E-state index contributed by atoms with van der Waals surface area (Å²) in [7, 11) is -11.0. The Balaban J connectivity index is 0.000000175. The van der Waals surface area contributed by atoms with Crippen LogP contribution in [0.25, 0.3) is 32.5 Å². The largest absolute Gasteiger partial charge is 0.409 e. The summed E-state index contributed by atoms with van der Waals surface area (Å²) in [5.41, 5.74) is 21.7. The van der Waals surface area contributed by atoms with Gasteiger partial charge in [-0.2, -0.15) is 9.97 Å². The van der Waals surface area contributed by atoms with E-state index in [1.807, 2.05) is 20.8 Å². The van der Waals surface area contributed by atoms with Gasteiger partial charge in [-0.05, 0) is 106 Å². The van der Waals surface area contributed by atoms with E-state index < -0.39 is 30.1 Å². The summed E-state index contributed by atoms with van der Waals surface area (Å²) in [4.78, 5) is 34.5. The minimum Gasteiger partial charge on any atom is -0.409 e. The summed E-state index contributed by atoms with van der Waals surface area (Å²) >= 11 is 0. The molecule has 3 aromatic carbocycles. The summed E-state index contributed by atoms with van der Waals surface area (Å²) in [6.07, 6.45) is 7.17. The van der Waals surface area contributed by atoms with Crippen LogP contribution in [0.5, 0.6) is 0 Å². The van der Waals surface area contributed by atoms with Crippen molar-refractivity contribution in [3.63, 3.8) is 0 Å². The van der Waals surface area contributed by atoms with Gasteiger partial charge in [-0.1, -0.05) is 80.7 Å². The third-order valence-electron chi connectivity index (χ3n) is 10.8. The predicted molar refractivity (Wildman–Crippen MR) is 317 cm³/mol. The highest BCUT2D eigenvalue weighted by Crippen LogP contribution is 2.22. The Morgan fingerprint density at radius 2 is 0.812 bits per heavy atom. The lowest BCUT2D eigenvalue weighted by Gasteiger charge is -2.08. The van der Waals surface area contributed by atoms with E-state index >= 15 is 0 Å². The van der Waals surface area contributed by atoms with Crippen molar-refractivity contribution in [1.82, 2.24) is 45.2 Å². The number of anilines is 5. The van der Waals surface area contributed by atoms with Gasteiger partial charge < -0.3 is 31.5 Å². The predicted octanol–water partition coefficient (Wildman–Crippen LogP) is 8.81. The van der Waals surface area contributed by atoms with Crippen molar-refractivity contribution in [3.8, 4) is 22.8 Å². The maximum absolute atomic E-state index is 12.3. The molecule has 85 heavy (non-hydrogen) atoms. The van der Waals surface area contributed by atoms with Gasteiger partial charge >= 0.3 is 0 Å². The Hall–Kier alpha value is -11.2. The van der Waals surface area contributed by atoms with Crippen molar-refractivity contribution in [3.05, 3.63) is 221 Å². The van der Waals surface area contributed by atoms with Crippen LogP contribution in [0, 0.1) is 47.8 Å². The van der Waals surface area contributed by atoms with Crippen LogP contribution in [0.4, 0.5) is 40.5 Å². The minimum atomic E-state index is -3.69. The van der Waals surface area contributed by atoms with Crippen LogP contribution in [-0.2, 0) is 30.1 Å². The number of oxime groups is 1. The lowest BCUT2D eigenvalue weighted by Crippen LogP contribution is -2.16. The first-order chi connectivity index (χ1) is 40.4. The van der Waals surface area contributed by atoms with Crippen LogP contribution in [0.3, 0.4) is 0 Å². The van der Waals surface area contributed by atoms with Crippen molar-refractivity contribution in [2.24, 2.45) is 10.9 Å². The Bertz CT molecular complexity index is 4280. The monoisotopic (exact) mass is 1200 g/mol. The lowest BCUT2D eigenvalue weighted by atomic mass is 10.2. The number of amidine groups is 1. The number of rotatable bonds is 12. The van der Waals surface area contributed by atoms with Crippen LogP contribution >= 0.6 is 0 Å². The molecule has 0 aliphatic carbocycles. The molecule has 10 aromatic rings. The number of pyridine rings is 5. The number of nitrogens with zero attached hydrogens (tertiary/aromatic N) is 12. The summed E-state index contributed by atoms with van der Waals surface area (Å²) in [6, 6.07) is 35.4. The Labute approximate surface area is 488 Å². The Morgan fingerprint density at radius 3 is 1.11 bits per heavy atom. The van der Waals surface area contributed by atoms with Crippen molar-refractivity contribution in [2.45, 2.75) is 49.3 Å². The highest BCUT2D eigenvalue weighted by molar-refractivity contribution is 7.93. The number of sulfonamides is 3. The van der Waals surface area contributed by atoms with E-state index in [9.17, 15) is 25.3 Å². The van der Waals surface area contributed by atoms with Crippen LogP contribution in [0.15, 0.2) is 193 Å². The van der Waals surface area contributed by atoms with E-state index in [1.54, 1.807) is 105 Å². The maximum Gasteiger partial charge on any atom is 0.263 e. The number of aromatic nitrogens is 9. The second-order valence-corrected chi connectivity index (χ2v) is 22.5. The molecular formula is C55H52N18O9S3. The average Bonchev–Trinajstić information content (AvgIpc) is 4.29. The summed E-state index contributed by atoms with van der Waals surface area (Å²) in [6.45, 7) is 22.4. The molecule has 10 rings (SSSR count). The molecule has 7 heterocycles. The van der Waals surface area contributed by atoms with Gasteiger partial charge in [0.1, 0.15) is 29.1 Å². The minimum absolute atomic E-state index is 0.101. The average molecular weight is 1210 g/mol. The molecule has 0 aliphatic rings. The Morgan fingerprint density at radius 1 is 0.471 bits per heavy atom. The zero-order valence-corrected chi connectivity index (χ0v) is 48.1. The van der Waals surface area contributed by atoms with Gasteiger partial charge in [-0.25, -0.2) is 49.9 Å². The molecule has 434 valence electrons. The normalized spacial score (nSPS) is 10.9. The summed E-state index contributed by atoms with van der Waals surface area (Å²) in [5.74, 6) is 3.29. The molecule has 27 nitrogen and oxygen atoms in total. The second kappa shape index (κ2) is 29.0. The topological polar surface area (TPSA) is 400 Å². The number of nitrogens with one attached hydrogen (secondary N) is 3. The van der Waals surface area contributed by atoms with Gasteiger partial charge in [-0.3, -0.25) is 24.1 Å². The van der Waals surface area contributed by atoms with Crippen LogP contribution in [-0.4, -0.2) is 81.5 Å². The number of nitrogen functional groups attached to an aromatic ring is 2. The van der Waals surface area contributed by atoms with Crippen LogP contribution in [0.2, 0.25) is 0 Å². The number of nitrogens with two attached hydrogens (primary N) is 3. The van der Waals surface area contributed by atoms with Crippen LogP contribution in [0.1, 0.15) is 34.0 Å². The molecule has 0 fully saturated rings. The van der Waals surface area contributed by atoms with Gasteiger partial charge in [0, 0.05) is 61.5 Å². The van der Waals surface area contributed by atoms with Gasteiger partial charge in [0.2, 0.25) is 34.8 Å². The van der Waals surface area contributed by atoms with Crippen LogP contribution < -0.4 is 31.4 Å². The van der Waals surface area contributed by atoms with Crippen molar-refractivity contribution < 1.29 is 39.5 Å². The number of benzene rings is 3. The SMILES string of the molecule is Cc1ccc(S(=O)(=O)Nc2ccc(-c3noc(C)n3)cn2)cc1.Cc1ccc(S(=O)(=O)Nc2ccc(/C(N)=N/O)cn2)cc1.Cc1nc(-c2ccc(N)nc2)no1.[C-]#[N+]c1ccc(N)nc1.[C-]#[N+]c1ccc(NS(=O)(=O)c2ccc(C)cc2)nc1. The molecule has 0 aliphatic heterocycles. The van der Waals surface area contributed by atoms with Crippen molar-refractivity contribution in [2.75, 3.05) is 25.6 Å². The van der Waals surface area contributed by atoms with E-state index in [0.717, 1.165) is 22.3 Å². The third kappa shape index (κ3) is 19.2. The molecule has 0 radical (unpaired) electrons. The quantitative estimate of drug-likeness (QED) is 0.0197. The zero-order chi connectivity index (χ0) is 61.7. The lowest BCUT2D eigenvalue weighted by molar-refractivity contribution is 0.318. The summed E-state index contributed by atoms with van der Waals surface area (Å²) < 4.78 is 89.8. The van der Waals surface area contributed by atoms with E-state index in [2.05, 4.69) is 74.2 Å². The van der Waals surface area contributed by atoms with E-state index in [1.165, 1.54) is 73.3 Å². The third-order valence-corrected chi connectivity index (χ3v) is 14.9. The number of hydrogen-bond donors (Lipinski definition) is 7. The highest BCUT2D eigenvalue weighted by atomic mass is 32.2. The molecule has 0 spiro atoms. The fraction of sp³-hybridized carbons (Fsp3) is 0.0909. The molecule has 10 N–H and O–H groups in total. The van der Waals surface area contributed by atoms with Crippen molar-refractivity contribution >= 4 is 76.4 Å². The molecule has 0 saturated heterocycles. The van der Waals surface area contributed by atoms with E-state index in [0.29, 0.717) is 57.6 Å². The standard InChI is InChI=1S/C15H14N4O3S.C13H14N4O3S.C13H11N3O2S.C8H8N4O.C6H5N3/c1-10-3-6-13(7-4-10)23(20,21)19-14-8-5-12(9-16-14)15-17-11(2)22-18-15;1-9-2-5-11(6-3-9)21(19,20)17-12-7-4-10(8-15-12)13(14)16-18;1-10-3-6-12(7-4-10)19(17,18)16-13-8-5-11(14-2)9-15-13;1-5-11-8(12-13-5)6-2-3-7(9)10-4-6;1-8-5-2-3-6(7)9-4-5/h3-9H,1-2H3,(H,16,19);2-8,18H,1H3,(H2,14,16)(H,15,17);3-9H,1H3,(H,15,16);2-4H,1H3,(H2,9,10);2-4H,(H2,7,9). The maximum atomic E-state index is 12.3. The molecule has 0 bridgehead atoms. The molecule has 0 atom stereocenters. The van der Waals surface area contributed by atoms with Gasteiger partial charge in [-0.15, -0.1) is 0 Å². The molecule has 30 heteroatoms. The fourth-order valence-electron chi connectivity index (χ4n) is 6.34. The van der Waals surface area contributed by atoms with Gasteiger partial charge in [0.05, 0.1) is 27.8 Å². The van der Waals surface area contributed by atoms with E-state index in [4.69, 9.17) is 44.6 Å². The molecular weight excluding hydrogens is 1150 g/mol. The molecule has 0 saturated carbocycles. The number of aryl methyl sites for hydroxylation is 5. The molecule has 7 aromatic heterocycles. The zero-order valence-electron chi connectivity index (χ0n) is 45.6. The number of hydrogen-bond acceptors (Lipinski definition) is 21. The first-order valence-electron chi connectivity index (χ1n) is 24.4. The van der Waals surface area contributed by atoms with Gasteiger partial charge in [0.15, 0.2) is 5.84 Å². The first kappa shape index (κ1) is 63.0. The fourth-order valence-corrected chi connectivity index (χ4v) is 9.36. The first-order valence-corrected chi connectivity index (χ1v) is 28.8. The smallest absolute Gasteiger partial charge is 0.263 e. The van der Waals surface area contributed by atoms with Crippen molar-refractivity contribution in [1.29, 1.82) is 0 Å².